The third-order valence-electron chi connectivity index (χ3n) is 9.85. The van der Waals surface area contributed by atoms with Gasteiger partial charge in [0.05, 0.1) is 12.7 Å². The minimum atomic E-state index is -0.347. The second kappa shape index (κ2) is 6.76. The molecule has 0 saturated carbocycles. The molecule has 184 valence electrons. The van der Waals surface area contributed by atoms with Gasteiger partial charge in [0.2, 0.25) is 0 Å². The first-order valence-corrected chi connectivity index (χ1v) is 13.3. The summed E-state index contributed by atoms with van der Waals surface area (Å²) < 4.78 is 4.92. The lowest BCUT2D eigenvalue weighted by Crippen LogP contribution is -2.11. The van der Waals surface area contributed by atoms with Crippen LogP contribution in [0, 0.1) is 0 Å². The van der Waals surface area contributed by atoms with E-state index in [2.05, 4.69) is 48.5 Å². The summed E-state index contributed by atoms with van der Waals surface area (Å²) in [6, 6.07) is 23.0. The molecule has 0 saturated heterocycles. The van der Waals surface area contributed by atoms with Gasteiger partial charge in [-0.1, -0.05) is 54.6 Å². The molecular weight excluding hydrogens is 472 g/mol. The number of aromatic hydroxyl groups is 2. The van der Waals surface area contributed by atoms with Crippen molar-refractivity contribution in [2.75, 3.05) is 7.11 Å². The molecule has 4 aliphatic carbocycles. The zero-order chi connectivity index (χ0) is 25.4. The van der Waals surface area contributed by atoms with Gasteiger partial charge in [-0.3, -0.25) is 0 Å². The summed E-state index contributed by atoms with van der Waals surface area (Å²) in [7, 11) is 1.40. The lowest BCUT2D eigenvalue weighted by molar-refractivity contribution is 0.0601. The first-order chi connectivity index (χ1) is 18.5. The van der Waals surface area contributed by atoms with Gasteiger partial charge in [0.15, 0.2) is 0 Å². The molecule has 0 amide bonds. The molecule has 9 rings (SSSR count). The fourth-order valence-electron chi connectivity index (χ4n) is 8.34. The fourth-order valence-corrected chi connectivity index (χ4v) is 8.34. The van der Waals surface area contributed by atoms with Crippen molar-refractivity contribution in [3.05, 3.63) is 117 Å². The quantitative estimate of drug-likeness (QED) is 0.191. The van der Waals surface area contributed by atoms with E-state index in [1.807, 2.05) is 12.1 Å². The summed E-state index contributed by atoms with van der Waals surface area (Å²) in [5.74, 6) is 0.796. The van der Waals surface area contributed by atoms with E-state index < -0.39 is 0 Å². The second-order valence-electron chi connectivity index (χ2n) is 11.4. The standard InChI is InChI=1S/C34H24O4/c1-38-34(37)18-7-6-17-11-22-23(12-19(17)8-18)27-14-26(22)30-31(27)33(36)29-25-13-24(28(29)32(30)35)20-9-15-4-2-3-5-16(15)10-21(20)25/h2-12,24-27,35-36H,13-14H2,1H3/t24-,25+,26+,27-/m0/s1. The average Bonchev–Trinajstić information content (AvgIpc) is 3.71. The average molecular weight is 497 g/mol. The van der Waals surface area contributed by atoms with Crippen molar-refractivity contribution < 1.29 is 19.7 Å². The lowest BCUT2D eigenvalue weighted by Gasteiger charge is -2.28. The zero-order valence-electron chi connectivity index (χ0n) is 20.8. The van der Waals surface area contributed by atoms with Crippen molar-refractivity contribution in [1.82, 2.24) is 0 Å². The Balaban J connectivity index is 1.23. The molecule has 5 aromatic carbocycles. The highest BCUT2D eigenvalue weighted by Crippen LogP contribution is 2.69. The van der Waals surface area contributed by atoms with E-state index in [0.29, 0.717) is 17.1 Å². The molecule has 5 aromatic rings. The molecule has 4 nitrogen and oxygen atoms in total. The van der Waals surface area contributed by atoms with E-state index in [4.69, 9.17) is 4.74 Å². The first-order valence-electron chi connectivity index (χ1n) is 13.3. The fraction of sp³-hybridized carbons (Fsp3) is 0.206. The van der Waals surface area contributed by atoms with Crippen LogP contribution in [0.4, 0.5) is 0 Å². The Morgan fingerprint density at radius 3 is 1.50 bits per heavy atom. The van der Waals surface area contributed by atoms with Gasteiger partial charge >= 0.3 is 5.97 Å². The van der Waals surface area contributed by atoms with Crippen LogP contribution in [0.15, 0.2) is 66.7 Å². The van der Waals surface area contributed by atoms with Crippen LogP contribution in [0.3, 0.4) is 0 Å². The Morgan fingerprint density at radius 2 is 1.05 bits per heavy atom. The Labute approximate surface area is 219 Å². The number of benzene rings is 5. The minimum Gasteiger partial charge on any atom is -0.507 e. The van der Waals surface area contributed by atoms with Gasteiger partial charge in [-0.15, -0.1) is 0 Å². The number of carbonyl (C=O) groups is 1. The largest absolute Gasteiger partial charge is 0.507 e. The predicted octanol–water partition coefficient (Wildman–Crippen LogP) is 7.15. The van der Waals surface area contributed by atoms with Gasteiger partial charge in [0.25, 0.3) is 0 Å². The number of hydrogen-bond donors (Lipinski definition) is 2. The summed E-state index contributed by atoms with van der Waals surface area (Å²) >= 11 is 0. The molecule has 4 atom stereocenters. The SMILES string of the molecule is COC(=O)c1ccc2cc3c(cc2c1)[C@@H]1C[C@H]3c2c(O)c3c(c(O)c21)[C@@H]1C[C@H]3c2cc3ccccc3cc21. The smallest absolute Gasteiger partial charge is 0.337 e. The maximum Gasteiger partial charge on any atom is 0.337 e. The van der Waals surface area contributed by atoms with Crippen LogP contribution >= 0.6 is 0 Å². The first kappa shape index (κ1) is 20.7. The summed E-state index contributed by atoms with van der Waals surface area (Å²) in [6.45, 7) is 0. The molecule has 0 fully saturated rings. The number of phenolic OH excluding ortho intramolecular Hbond substituents is 2. The Hall–Kier alpha value is -4.31. The molecule has 0 spiro atoms. The molecule has 0 radical (unpaired) electrons. The van der Waals surface area contributed by atoms with Gasteiger partial charge in [-0.25, -0.2) is 4.79 Å². The lowest BCUT2D eigenvalue weighted by atomic mass is 9.77. The van der Waals surface area contributed by atoms with Crippen molar-refractivity contribution in [3.8, 4) is 11.5 Å². The normalized spacial score (nSPS) is 23.0. The Morgan fingerprint density at radius 1 is 0.632 bits per heavy atom. The number of methoxy groups -OCH3 is 1. The van der Waals surface area contributed by atoms with Gasteiger partial charge in [0, 0.05) is 45.9 Å². The van der Waals surface area contributed by atoms with Crippen molar-refractivity contribution in [1.29, 1.82) is 0 Å². The number of hydrogen-bond acceptors (Lipinski definition) is 4. The number of ether oxygens (including phenoxy) is 1. The van der Waals surface area contributed by atoms with Crippen molar-refractivity contribution in [2.45, 2.75) is 36.5 Å². The molecular formula is C34H24O4. The van der Waals surface area contributed by atoms with Crippen LogP contribution in [-0.2, 0) is 4.74 Å². The molecule has 4 aliphatic rings. The highest BCUT2D eigenvalue weighted by atomic mass is 16.5. The summed E-state index contributed by atoms with van der Waals surface area (Å²) in [5.41, 5.74) is 9.28. The summed E-state index contributed by atoms with van der Waals surface area (Å²) in [4.78, 5) is 12.1. The molecule has 4 bridgehead atoms. The van der Waals surface area contributed by atoms with Crippen LogP contribution < -0.4 is 0 Å². The molecule has 0 aromatic heterocycles. The zero-order valence-corrected chi connectivity index (χ0v) is 20.8. The van der Waals surface area contributed by atoms with Crippen molar-refractivity contribution >= 4 is 27.5 Å². The van der Waals surface area contributed by atoms with E-state index in [-0.39, 0.29) is 29.6 Å². The van der Waals surface area contributed by atoms with E-state index >= 15 is 0 Å². The van der Waals surface area contributed by atoms with E-state index in [9.17, 15) is 15.0 Å². The Bertz CT molecular complexity index is 1930. The number of phenols is 2. The van der Waals surface area contributed by atoms with Gasteiger partial charge < -0.3 is 14.9 Å². The second-order valence-corrected chi connectivity index (χ2v) is 11.4. The topological polar surface area (TPSA) is 66.8 Å². The maximum absolute atomic E-state index is 12.1. The van der Waals surface area contributed by atoms with Gasteiger partial charge in [0.1, 0.15) is 11.5 Å². The molecule has 0 aliphatic heterocycles. The molecule has 2 N–H and O–H groups in total. The minimum absolute atomic E-state index is 0.0441. The number of rotatable bonds is 1. The molecule has 4 heteroatoms. The number of esters is 1. The number of carbonyl (C=O) groups excluding carboxylic acids is 1. The van der Waals surface area contributed by atoms with Crippen LogP contribution in [0.5, 0.6) is 11.5 Å². The van der Waals surface area contributed by atoms with Gasteiger partial charge in [-0.05, 0) is 68.8 Å². The van der Waals surface area contributed by atoms with E-state index in [1.54, 1.807) is 6.07 Å². The summed E-state index contributed by atoms with van der Waals surface area (Å²) in [6.07, 6.45) is 1.77. The monoisotopic (exact) mass is 496 g/mol. The molecule has 0 heterocycles. The van der Waals surface area contributed by atoms with Crippen molar-refractivity contribution in [3.63, 3.8) is 0 Å². The van der Waals surface area contributed by atoms with Crippen LogP contribution in [0.25, 0.3) is 21.5 Å². The third-order valence-corrected chi connectivity index (χ3v) is 9.85. The predicted molar refractivity (Wildman–Crippen MR) is 146 cm³/mol. The third kappa shape index (κ3) is 2.31. The van der Waals surface area contributed by atoms with Crippen molar-refractivity contribution in [2.24, 2.45) is 0 Å². The summed E-state index contributed by atoms with van der Waals surface area (Å²) in [5, 5.41) is 28.2. The van der Waals surface area contributed by atoms with Crippen LogP contribution in [0.2, 0.25) is 0 Å². The van der Waals surface area contributed by atoms with Crippen LogP contribution in [0.1, 0.15) is 91.4 Å². The van der Waals surface area contributed by atoms with E-state index in [1.165, 1.54) is 40.1 Å². The van der Waals surface area contributed by atoms with Gasteiger partial charge in [-0.2, -0.15) is 0 Å². The molecule has 38 heavy (non-hydrogen) atoms. The highest BCUT2D eigenvalue weighted by molar-refractivity contribution is 5.96. The molecule has 0 unspecified atom stereocenters. The van der Waals surface area contributed by atoms with E-state index in [0.717, 1.165) is 45.9 Å². The number of fused-ring (bicyclic) bond motifs is 18. The Kier molecular flexibility index (Phi) is 3.68. The van der Waals surface area contributed by atoms with Crippen LogP contribution in [-0.4, -0.2) is 23.3 Å². The maximum atomic E-state index is 12.1. The highest BCUT2D eigenvalue weighted by Gasteiger charge is 2.52.